The molecule has 5 rings (SSSR count). The number of hydrogen-bond acceptors (Lipinski definition) is 0. The van der Waals surface area contributed by atoms with Crippen LogP contribution in [0.5, 0.6) is 0 Å². The summed E-state index contributed by atoms with van der Waals surface area (Å²) < 4.78 is 60.2. The summed E-state index contributed by atoms with van der Waals surface area (Å²) >= 11 is 0. The Bertz CT molecular complexity index is 1300. The minimum atomic E-state index is -1.42. The molecule has 0 unspecified atom stereocenters. The smallest absolute Gasteiger partial charge is 0.170 e. The third kappa shape index (κ3) is 3.88. The summed E-state index contributed by atoms with van der Waals surface area (Å²) in [5.41, 5.74) is 2.14. The van der Waals surface area contributed by atoms with E-state index in [9.17, 15) is 0 Å². The van der Waals surface area contributed by atoms with E-state index >= 15 is 17.6 Å². The Morgan fingerprint density at radius 3 is 0.794 bits per heavy atom. The Labute approximate surface area is 194 Å². The van der Waals surface area contributed by atoms with Gasteiger partial charge in [-0.05, 0) is 33.4 Å². The van der Waals surface area contributed by atoms with Crippen LogP contribution in [0.3, 0.4) is 0 Å². The van der Waals surface area contributed by atoms with Crippen molar-refractivity contribution < 1.29 is 17.6 Å². The molecule has 4 heteroatoms. The summed E-state index contributed by atoms with van der Waals surface area (Å²) in [4.78, 5) is 0. The van der Waals surface area contributed by atoms with E-state index in [1.807, 2.05) is 60.7 Å². The van der Waals surface area contributed by atoms with Crippen LogP contribution in [-0.2, 0) is 0 Å². The molecule has 0 saturated heterocycles. The van der Waals surface area contributed by atoms with E-state index < -0.39 is 34.4 Å². The van der Waals surface area contributed by atoms with Gasteiger partial charge in [-0.15, -0.1) is 0 Å². The van der Waals surface area contributed by atoms with Gasteiger partial charge in [0.1, 0.15) is 0 Å². The van der Waals surface area contributed by atoms with Gasteiger partial charge in [0.25, 0.3) is 0 Å². The minimum Gasteiger partial charge on any atom is -0.203 e. The van der Waals surface area contributed by atoms with Crippen LogP contribution in [-0.4, -0.2) is 0 Å². The Morgan fingerprint density at radius 1 is 0.265 bits per heavy atom. The zero-order valence-electron chi connectivity index (χ0n) is 17.9. The average Bonchev–Trinajstić information content (AvgIpc) is 2.90. The fourth-order valence-corrected chi connectivity index (χ4v) is 4.06. The van der Waals surface area contributed by atoms with Gasteiger partial charge in [0.2, 0.25) is 0 Å². The molecule has 0 spiro atoms. The molecule has 0 aromatic heterocycles. The molecule has 0 N–H and O–H groups in total. The molecule has 0 heterocycles. The highest BCUT2D eigenvalue weighted by molar-refractivity contribution is 5.76. The zero-order chi connectivity index (χ0) is 23.7. The molecular weight excluding hydrogens is 436 g/mol. The van der Waals surface area contributed by atoms with Crippen LogP contribution in [0.15, 0.2) is 109 Å². The monoisotopic (exact) mass is 454 g/mol. The van der Waals surface area contributed by atoms with E-state index in [4.69, 9.17) is 0 Å². The highest BCUT2D eigenvalue weighted by atomic mass is 19.2. The Morgan fingerprint density at radius 2 is 0.500 bits per heavy atom. The fourth-order valence-electron chi connectivity index (χ4n) is 4.06. The quantitative estimate of drug-likeness (QED) is 0.188. The van der Waals surface area contributed by atoms with Crippen molar-refractivity contribution in [2.45, 2.75) is 0 Å². The molecule has 5 aromatic carbocycles. The maximum atomic E-state index is 15.1. The third-order valence-electron chi connectivity index (χ3n) is 5.82. The molecule has 0 saturated carbocycles. The first-order chi connectivity index (χ1) is 16.5. The van der Waals surface area contributed by atoms with Crippen LogP contribution in [0.1, 0.15) is 0 Å². The summed E-state index contributed by atoms with van der Waals surface area (Å²) in [5.74, 6) is -5.69. The molecule has 34 heavy (non-hydrogen) atoms. The van der Waals surface area contributed by atoms with Crippen LogP contribution in [0.4, 0.5) is 17.6 Å². The highest BCUT2D eigenvalue weighted by Gasteiger charge is 2.27. The van der Waals surface area contributed by atoms with Crippen molar-refractivity contribution in [1.29, 1.82) is 0 Å². The van der Waals surface area contributed by atoms with Crippen LogP contribution in [0.2, 0.25) is 0 Å². The number of rotatable bonds is 4. The Balaban J connectivity index is 1.54. The van der Waals surface area contributed by atoms with Crippen LogP contribution >= 0.6 is 0 Å². The molecule has 0 aliphatic carbocycles. The molecule has 0 aliphatic heterocycles. The lowest BCUT2D eigenvalue weighted by atomic mass is 9.95. The predicted molar refractivity (Wildman–Crippen MR) is 128 cm³/mol. The minimum absolute atomic E-state index is 0.0541. The summed E-state index contributed by atoms with van der Waals surface area (Å²) in [6, 6.07) is 31.3. The first-order valence-electron chi connectivity index (χ1n) is 10.7. The second-order valence-corrected chi connectivity index (χ2v) is 7.89. The first-order valence-corrected chi connectivity index (χ1v) is 10.7. The largest absolute Gasteiger partial charge is 0.203 e. The zero-order valence-corrected chi connectivity index (χ0v) is 17.9. The second kappa shape index (κ2) is 8.99. The predicted octanol–water partition coefficient (Wildman–Crippen LogP) is 8.91. The van der Waals surface area contributed by atoms with Gasteiger partial charge in [0, 0.05) is 0 Å². The average molecular weight is 454 g/mol. The normalized spacial score (nSPS) is 10.9. The maximum Gasteiger partial charge on any atom is 0.170 e. The van der Waals surface area contributed by atoms with Crippen molar-refractivity contribution >= 4 is 0 Å². The van der Waals surface area contributed by atoms with E-state index in [2.05, 4.69) is 0 Å². The van der Waals surface area contributed by atoms with Gasteiger partial charge >= 0.3 is 0 Å². The van der Waals surface area contributed by atoms with E-state index in [1.165, 1.54) is 24.3 Å². The van der Waals surface area contributed by atoms with Crippen molar-refractivity contribution in [2.24, 2.45) is 0 Å². The highest BCUT2D eigenvalue weighted by Crippen LogP contribution is 2.38. The molecule has 0 amide bonds. The lowest BCUT2D eigenvalue weighted by Crippen LogP contribution is -2.03. The number of benzene rings is 5. The molecule has 0 fully saturated rings. The number of halogens is 4. The van der Waals surface area contributed by atoms with Crippen molar-refractivity contribution in [2.75, 3.05) is 0 Å². The number of hydrogen-bond donors (Lipinski definition) is 0. The lowest BCUT2D eigenvalue weighted by Gasteiger charge is -2.13. The molecule has 0 nitrogen and oxygen atoms in total. The van der Waals surface area contributed by atoms with Crippen molar-refractivity contribution in [1.82, 2.24) is 0 Å². The molecule has 5 aromatic rings. The van der Waals surface area contributed by atoms with Gasteiger partial charge in [-0.1, -0.05) is 109 Å². The van der Waals surface area contributed by atoms with Crippen molar-refractivity contribution in [3.63, 3.8) is 0 Å². The first kappa shape index (κ1) is 21.7. The van der Waals surface area contributed by atoms with Crippen LogP contribution < -0.4 is 0 Å². The molecule has 0 radical (unpaired) electrons. The van der Waals surface area contributed by atoms with Crippen LogP contribution in [0, 0.1) is 23.3 Å². The Kier molecular flexibility index (Phi) is 5.72. The Hall–Kier alpha value is -4.18. The van der Waals surface area contributed by atoms with E-state index in [0.29, 0.717) is 0 Å². The topological polar surface area (TPSA) is 0 Å². The van der Waals surface area contributed by atoms with Gasteiger partial charge < -0.3 is 0 Å². The lowest BCUT2D eigenvalue weighted by molar-refractivity contribution is 0.463. The second-order valence-electron chi connectivity index (χ2n) is 7.89. The fraction of sp³-hybridized carbons (Fsp3) is 0. The standard InChI is InChI=1S/C30H18F4/c31-27-25(23-15-11-21(12-16-23)19-7-3-1-4-8-19)28(32)30(34)26(29(27)33)24-17-13-22(14-18-24)20-9-5-2-6-10-20/h1-18H. The SMILES string of the molecule is Fc1c(F)c(-c2ccc(-c3ccccc3)cc2)c(F)c(F)c1-c1ccc(-c2ccccc2)cc1. The third-order valence-corrected chi connectivity index (χ3v) is 5.82. The van der Waals surface area contributed by atoms with Gasteiger partial charge in [0.05, 0.1) is 11.1 Å². The van der Waals surface area contributed by atoms with E-state index in [1.54, 1.807) is 24.3 Å². The van der Waals surface area contributed by atoms with E-state index in [0.717, 1.165) is 22.3 Å². The van der Waals surface area contributed by atoms with Gasteiger partial charge in [0.15, 0.2) is 23.3 Å². The van der Waals surface area contributed by atoms with Crippen LogP contribution in [0.25, 0.3) is 44.5 Å². The summed E-state index contributed by atoms with van der Waals surface area (Å²) in [5, 5.41) is 0. The van der Waals surface area contributed by atoms with Gasteiger partial charge in [-0.25, -0.2) is 17.6 Å². The molecular formula is C30H18F4. The molecule has 166 valence electrons. The summed E-state index contributed by atoms with van der Waals surface area (Å²) in [6.45, 7) is 0. The van der Waals surface area contributed by atoms with E-state index in [-0.39, 0.29) is 11.1 Å². The van der Waals surface area contributed by atoms with Crippen molar-refractivity contribution in [3.05, 3.63) is 132 Å². The summed E-state index contributed by atoms with van der Waals surface area (Å²) in [7, 11) is 0. The molecule has 0 aliphatic rings. The molecule has 0 atom stereocenters. The summed E-state index contributed by atoms with van der Waals surface area (Å²) in [6.07, 6.45) is 0. The van der Waals surface area contributed by atoms with Gasteiger partial charge in [-0.3, -0.25) is 0 Å². The maximum absolute atomic E-state index is 15.1. The van der Waals surface area contributed by atoms with Gasteiger partial charge in [-0.2, -0.15) is 0 Å². The molecule has 0 bridgehead atoms. The van der Waals surface area contributed by atoms with Crippen molar-refractivity contribution in [3.8, 4) is 44.5 Å².